The number of nitrogens with zero attached hydrogens (tertiary/aromatic N) is 5. The third-order valence-corrected chi connectivity index (χ3v) is 7.49. The molecule has 0 aliphatic carbocycles. The Morgan fingerprint density at radius 2 is 1.81 bits per heavy atom. The average Bonchev–Trinajstić information content (AvgIpc) is 3.60. The number of nitrogens with one attached hydrogen (secondary N) is 1. The van der Waals surface area contributed by atoms with Gasteiger partial charge >= 0.3 is 11.5 Å². The fourth-order valence-electron chi connectivity index (χ4n) is 3.62. The summed E-state index contributed by atoms with van der Waals surface area (Å²) in [5.74, 6) is -0.993. The molecule has 5 rings (SSSR count). The Morgan fingerprint density at radius 1 is 1.06 bits per heavy atom. The van der Waals surface area contributed by atoms with Gasteiger partial charge in [-0.2, -0.15) is 4.68 Å². The van der Waals surface area contributed by atoms with Crippen LogP contribution in [0.25, 0.3) is 27.6 Å². The molecule has 180 valence electrons. The minimum Gasteiger partial charge on any atom is -0.478 e. The van der Waals surface area contributed by atoms with Gasteiger partial charge in [0.1, 0.15) is 0 Å². The molecule has 36 heavy (non-hydrogen) atoms. The first-order valence-electron chi connectivity index (χ1n) is 11.0. The largest absolute Gasteiger partial charge is 0.478 e. The smallest absolute Gasteiger partial charge is 0.335 e. The fraction of sp³-hybridized carbons (Fsp3) is 0.120. The summed E-state index contributed by atoms with van der Waals surface area (Å²) in [6.07, 6.45) is 0.858. The predicted octanol–water partition coefficient (Wildman–Crippen LogP) is 6.40. The molecule has 11 heteroatoms. The fourth-order valence-corrected chi connectivity index (χ4v) is 5.23. The summed E-state index contributed by atoms with van der Waals surface area (Å²) in [6.45, 7) is 3.99. The van der Waals surface area contributed by atoms with Crippen molar-refractivity contribution in [1.82, 2.24) is 19.7 Å². The van der Waals surface area contributed by atoms with Crippen molar-refractivity contribution in [3.05, 3.63) is 86.5 Å². The van der Waals surface area contributed by atoms with Crippen molar-refractivity contribution in [3.8, 4) is 27.6 Å². The van der Waals surface area contributed by atoms with Crippen LogP contribution in [0.1, 0.15) is 27.9 Å². The highest BCUT2D eigenvalue weighted by Gasteiger charge is 2.19. The van der Waals surface area contributed by atoms with Crippen LogP contribution in [0.4, 0.5) is 10.8 Å². The van der Waals surface area contributed by atoms with Crippen LogP contribution in [-0.4, -0.2) is 30.8 Å². The monoisotopic (exact) mass is 516 g/mol. The van der Waals surface area contributed by atoms with Gasteiger partial charge in [0.2, 0.25) is 10.3 Å². The van der Waals surface area contributed by atoms with Gasteiger partial charge in [-0.1, -0.05) is 60.7 Å². The van der Waals surface area contributed by atoms with Crippen molar-refractivity contribution < 1.29 is 9.90 Å². The summed E-state index contributed by atoms with van der Waals surface area (Å²) in [7, 11) is 0. The molecule has 0 radical (unpaired) electrons. The van der Waals surface area contributed by atoms with Crippen LogP contribution >= 0.6 is 22.7 Å². The zero-order valence-corrected chi connectivity index (χ0v) is 20.9. The van der Waals surface area contributed by atoms with E-state index < -0.39 is 5.97 Å². The van der Waals surface area contributed by atoms with Crippen LogP contribution in [0.2, 0.25) is 0 Å². The van der Waals surface area contributed by atoms with E-state index in [1.165, 1.54) is 39.5 Å². The van der Waals surface area contributed by atoms with E-state index in [1.54, 1.807) is 12.1 Å². The van der Waals surface area contributed by atoms with Crippen LogP contribution in [0.15, 0.2) is 75.0 Å². The Morgan fingerprint density at radius 3 is 2.47 bits per heavy atom. The third kappa shape index (κ3) is 4.53. The van der Waals surface area contributed by atoms with Crippen LogP contribution in [0.5, 0.6) is 0 Å². The number of carboxylic acid groups (broad SMARTS) is 1. The van der Waals surface area contributed by atoms with Gasteiger partial charge in [0.25, 0.3) is 0 Å². The Balaban J connectivity index is 1.55. The number of azo groups is 1. The first kappa shape index (κ1) is 23.5. The lowest BCUT2D eigenvalue weighted by molar-refractivity contribution is 0.0697. The molecule has 0 aliphatic heterocycles. The van der Waals surface area contributed by atoms with Gasteiger partial charge < -0.3 is 5.11 Å². The summed E-state index contributed by atoms with van der Waals surface area (Å²) < 4.78 is 1.35. The molecule has 0 bridgehead atoms. The number of H-pyrrole nitrogens is 1. The summed E-state index contributed by atoms with van der Waals surface area (Å²) in [5, 5.41) is 23.6. The zero-order chi connectivity index (χ0) is 25.2. The number of carboxylic acids is 1. The molecule has 0 spiro atoms. The number of benzene rings is 2. The summed E-state index contributed by atoms with van der Waals surface area (Å²) in [5.41, 5.74) is 3.57. The van der Waals surface area contributed by atoms with E-state index in [4.69, 9.17) is 5.11 Å². The quantitative estimate of drug-likeness (QED) is 0.242. The zero-order valence-electron chi connectivity index (χ0n) is 19.3. The number of hydrogen-bond donors (Lipinski definition) is 2. The topological polar surface area (TPSA) is 126 Å². The van der Waals surface area contributed by atoms with Gasteiger partial charge in [0.15, 0.2) is 5.69 Å². The summed E-state index contributed by atoms with van der Waals surface area (Å²) in [6, 6.07) is 15.8. The molecule has 2 aromatic carbocycles. The van der Waals surface area contributed by atoms with Crippen molar-refractivity contribution >= 4 is 39.5 Å². The number of aryl methyl sites for hydroxylation is 2. The van der Waals surface area contributed by atoms with E-state index in [-0.39, 0.29) is 16.8 Å². The van der Waals surface area contributed by atoms with Gasteiger partial charge in [-0.15, -0.1) is 21.6 Å². The molecule has 0 saturated carbocycles. The number of aromatic carboxylic acids is 1. The van der Waals surface area contributed by atoms with Crippen molar-refractivity contribution in [1.29, 1.82) is 0 Å². The molecule has 0 unspecified atom stereocenters. The normalized spacial score (nSPS) is 11.4. The predicted molar refractivity (Wildman–Crippen MR) is 140 cm³/mol. The van der Waals surface area contributed by atoms with Crippen LogP contribution in [0.3, 0.4) is 0 Å². The minimum absolute atomic E-state index is 0.162. The van der Waals surface area contributed by atoms with E-state index >= 15 is 0 Å². The maximum Gasteiger partial charge on any atom is 0.335 e. The standard InChI is InChI=1S/C25H20N6O3S2/c1-3-19-14(2)26-24(36-19)29-28-21-20(16-7-5-4-6-8-16)30-31(22(21)32)25-27-18(13-35-25)15-9-11-17(12-10-15)23(33)34/h4-13,30H,3H2,1-2H3,(H,33,34). The highest BCUT2D eigenvalue weighted by atomic mass is 32.1. The Labute approximate surface area is 213 Å². The van der Waals surface area contributed by atoms with E-state index in [9.17, 15) is 9.59 Å². The van der Waals surface area contributed by atoms with E-state index in [1.807, 2.05) is 42.6 Å². The van der Waals surface area contributed by atoms with E-state index in [2.05, 4.69) is 32.2 Å². The lowest BCUT2D eigenvalue weighted by Crippen LogP contribution is -2.13. The molecular formula is C25H20N6O3S2. The van der Waals surface area contributed by atoms with Gasteiger partial charge in [0.05, 0.1) is 22.6 Å². The van der Waals surface area contributed by atoms with Crippen LogP contribution in [0, 0.1) is 6.92 Å². The van der Waals surface area contributed by atoms with Crippen LogP contribution < -0.4 is 5.56 Å². The van der Waals surface area contributed by atoms with E-state index in [0.29, 0.717) is 21.7 Å². The number of aromatic amines is 1. The maximum atomic E-state index is 13.4. The van der Waals surface area contributed by atoms with Gasteiger partial charge in [-0.25, -0.2) is 14.8 Å². The second-order valence-corrected chi connectivity index (χ2v) is 9.70. The molecule has 0 saturated heterocycles. The second kappa shape index (κ2) is 9.80. The molecule has 0 aliphatic rings. The third-order valence-electron chi connectivity index (χ3n) is 5.48. The second-order valence-electron chi connectivity index (χ2n) is 7.80. The maximum absolute atomic E-state index is 13.4. The van der Waals surface area contributed by atoms with E-state index in [0.717, 1.165) is 28.1 Å². The SMILES string of the molecule is CCc1sc(N=Nc2c(-c3ccccc3)[nH]n(-c3nc(-c4ccc(C(=O)O)cc4)cs3)c2=O)nc1C. The molecule has 3 heterocycles. The molecule has 0 atom stereocenters. The van der Waals surface area contributed by atoms with Crippen molar-refractivity contribution in [2.75, 3.05) is 0 Å². The summed E-state index contributed by atoms with van der Waals surface area (Å²) in [4.78, 5) is 34.7. The molecule has 3 aromatic heterocycles. The molecule has 5 aromatic rings. The highest BCUT2D eigenvalue weighted by molar-refractivity contribution is 7.15. The summed E-state index contributed by atoms with van der Waals surface area (Å²) >= 11 is 2.74. The van der Waals surface area contributed by atoms with Gasteiger partial charge in [0, 0.05) is 21.4 Å². The van der Waals surface area contributed by atoms with Gasteiger partial charge in [-0.05, 0) is 25.5 Å². The first-order chi connectivity index (χ1) is 17.4. The molecule has 9 nitrogen and oxygen atoms in total. The molecular weight excluding hydrogens is 496 g/mol. The Bertz CT molecular complexity index is 1630. The lowest BCUT2D eigenvalue weighted by Gasteiger charge is -1.99. The number of aromatic nitrogens is 4. The number of thiazole rings is 2. The molecule has 0 fully saturated rings. The first-order valence-corrected chi connectivity index (χ1v) is 12.7. The minimum atomic E-state index is -0.993. The molecule has 0 amide bonds. The highest BCUT2D eigenvalue weighted by Crippen LogP contribution is 2.31. The van der Waals surface area contributed by atoms with Crippen LogP contribution in [-0.2, 0) is 6.42 Å². The Kier molecular flexibility index (Phi) is 6.40. The van der Waals surface area contributed by atoms with Gasteiger partial charge in [-0.3, -0.25) is 9.89 Å². The van der Waals surface area contributed by atoms with Crippen molar-refractivity contribution in [3.63, 3.8) is 0 Å². The lowest BCUT2D eigenvalue weighted by atomic mass is 10.1. The van der Waals surface area contributed by atoms with Crippen molar-refractivity contribution in [2.24, 2.45) is 10.2 Å². The number of hydrogen-bond acceptors (Lipinski definition) is 8. The Hall–Kier alpha value is -4.22. The molecule has 2 N–H and O–H groups in total. The average molecular weight is 517 g/mol. The van der Waals surface area contributed by atoms with Crippen molar-refractivity contribution in [2.45, 2.75) is 20.3 Å². The number of rotatable bonds is 7. The number of carbonyl (C=O) groups is 1.